The van der Waals surface area contributed by atoms with Gasteiger partial charge in [0.1, 0.15) is 5.60 Å². The van der Waals surface area contributed by atoms with E-state index >= 15 is 0 Å². The van der Waals surface area contributed by atoms with E-state index in [1.165, 1.54) is 0 Å². The number of guanidine groups is 1. The number of carbonyl (C=O) groups is 1. The maximum absolute atomic E-state index is 11.6. The summed E-state index contributed by atoms with van der Waals surface area (Å²) in [7, 11) is 0. The summed E-state index contributed by atoms with van der Waals surface area (Å²) in [5.41, 5.74) is -0.485. The maximum atomic E-state index is 11.6. The molecule has 0 atom stereocenters. The Morgan fingerprint density at radius 3 is 2.50 bits per heavy atom. The van der Waals surface area contributed by atoms with Crippen LogP contribution in [0.15, 0.2) is 4.99 Å². The maximum Gasteiger partial charge on any atom is 0.407 e. The van der Waals surface area contributed by atoms with E-state index in [4.69, 9.17) is 14.2 Å². The summed E-state index contributed by atoms with van der Waals surface area (Å²) in [4.78, 5) is 16.1. The molecule has 0 aromatic carbocycles. The van der Waals surface area contributed by atoms with Gasteiger partial charge in [0.2, 0.25) is 0 Å². The number of rotatable bonds is 9. The second kappa shape index (κ2) is 12.8. The Hall–Kier alpha value is -1.54. The fraction of sp³-hybridized carbons (Fsp3) is 0.889. The monoisotopic (exact) mass is 372 g/mol. The van der Waals surface area contributed by atoms with Gasteiger partial charge >= 0.3 is 6.09 Å². The first-order valence-corrected chi connectivity index (χ1v) is 9.59. The van der Waals surface area contributed by atoms with Crippen LogP contribution in [-0.2, 0) is 14.2 Å². The van der Waals surface area contributed by atoms with E-state index in [9.17, 15) is 4.79 Å². The lowest BCUT2D eigenvalue weighted by Crippen LogP contribution is -2.42. The van der Waals surface area contributed by atoms with Crippen LogP contribution in [0.3, 0.4) is 0 Å². The largest absolute Gasteiger partial charge is 0.444 e. The van der Waals surface area contributed by atoms with E-state index in [1.54, 1.807) is 0 Å². The lowest BCUT2D eigenvalue weighted by atomic mass is 10.1. The molecule has 1 saturated heterocycles. The van der Waals surface area contributed by atoms with E-state index in [0.717, 1.165) is 45.0 Å². The van der Waals surface area contributed by atoms with Crippen LogP contribution in [0.5, 0.6) is 0 Å². The topological polar surface area (TPSA) is 93.2 Å². The number of amides is 1. The molecule has 1 aliphatic heterocycles. The number of nitrogens with zero attached hydrogens (tertiary/aromatic N) is 1. The molecule has 0 aromatic rings. The summed E-state index contributed by atoms with van der Waals surface area (Å²) in [5, 5.41) is 9.09. The minimum absolute atomic E-state index is 0.332. The molecule has 1 rings (SSSR count). The van der Waals surface area contributed by atoms with Crippen LogP contribution in [-0.4, -0.2) is 69.8 Å². The Bertz CT molecular complexity index is 418. The first kappa shape index (κ1) is 22.5. The van der Waals surface area contributed by atoms with Crippen LogP contribution in [0, 0.1) is 0 Å². The average Bonchev–Trinajstić information content (AvgIpc) is 2.57. The molecule has 8 nitrogen and oxygen atoms in total. The molecule has 0 radical (unpaired) electrons. The fourth-order valence-electron chi connectivity index (χ4n) is 2.35. The van der Waals surface area contributed by atoms with Crippen molar-refractivity contribution in [2.45, 2.75) is 58.7 Å². The van der Waals surface area contributed by atoms with Gasteiger partial charge in [0.05, 0.1) is 6.10 Å². The van der Waals surface area contributed by atoms with Gasteiger partial charge < -0.3 is 30.2 Å². The van der Waals surface area contributed by atoms with Gasteiger partial charge in [-0.25, -0.2) is 4.79 Å². The zero-order chi connectivity index (χ0) is 19.3. The highest BCUT2D eigenvalue weighted by atomic mass is 16.6. The van der Waals surface area contributed by atoms with Crippen molar-refractivity contribution in [3.8, 4) is 0 Å². The number of nitrogens with one attached hydrogen (secondary N) is 3. The summed E-state index contributed by atoms with van der Waals surface area (Å²) in [6, 6.07) is 0. The Labute approximate surface area is 157 Å². The molecule has 26 heavy (non-hydrogen) atoms. The SMILES string of the molecule is CCNC(=NCCCOC1CCOCC1)NCCNC(=O)OC(C)(C)C. The van der Waals surface area contributed by atoms with Gasteiger partial charge in [-0.2, -0.15) is 0 Å². The van der Waals surface area contributed by atoms with Crippen molar-refractivity contribution in [2.75, 3.05) is 46.0 Å². The van der Waals surface area contributed by atoms with E-state index in [-0.39, 0.29) is 0 Å². The van der Waals surface area contributed by atoms with E-state index in [2.05, 4.69) is 20.9 Å². The summed E-state index contributed by atoms with van der Waals surface area (Å²) >= 11 is 0. The Morgan fingerprint density at radius 1 is 1.15 bits per heavy atom. The number of carbonyl (C=O) groups excluding carboxylic acids is 1. The Morgan fingerprint density at radius 2 is 1.85 bits per heavy atom. The highest BCUT2D eigenvalue weighted by Crippen LogP contribution is 2.10. The molecular weight excluding hydrogens is 336 g/mol. The second-order valence-electron chi connectivity index (χ2n) is 7.15. The van der Waals surface area contributed by atoms with Gasteiger partial charge in [-0.05, 0) is 47.0 Å². The molecule has 0 unspecified atom stereocenters. The lowest BCUT2D eigenvalue weighted by Gasteiger charge is -2.22. The van der Waals surface area contributed by atoms with Crippen molar-refractivity contribution in [2.24, 2.45) is 4.99 Å². The molecule has 8 heteroatoms. The van der Waals surface area contributed by atoms with E-state index in [1.807, 2.05) is 27.7 Å². The zero-order valence-electron chi connectivity index (χ0n) is 16.7. The normalized spacial score (nSPS) is 16.2. The number of aliphatic imine (C=N–C) groups is 1. The van der Waals surface area contributed by atoms with Crippen LogP contribution in [0.4, 0.5) is 4.79 Å². The van der Waals surface area contributed by atoms with Crippen molar-refractivity contribution >= 4 is 12.1 Å². The summed E-state index contributed by atoms with van der Waals surface area (Å²) < 4.78 is 16.3. The van der Waals surface area contributed by atoms with Gasteiger partial charge in [-0.15, -0.1) is 0 Å². The summed E-state index contributed by atoms with van der Waals surface area (Å²) in [6.45, 7) is 12.4. The first-order chi connectivity index (χ1) is 12.4. The number of hydrogen-bond acceptors (Lipinski definition) is 5. The Balaban J connectivity index is 2.14. The van der Waals surface area contributed by atoms with Crippen molar-refractivity contribution in [3.05, 3.63) is 0 Å². The lowest BCUT2D eigenvalue weighted by molar-refractivity contribution is -0.0318. The van der Waals surface area contributed by atoms with Crippen LogP contribution < -0.4 is 16.0 Å². The van der Waals surface area contributed by atoms with Crippen LogP contribution >= 0.6 is 0 Å². The van der Waals surface area contributed by atoms with Gasteiger partial charge in [0, 0.05) is 46.0 Å². The molecule has 0 aromatic heterocycles. The van der Waals surface area contributed by atoms with Gasteiger partial charge in [0.15, 0.2) is 5.96 Å². The van der Waals surface area contributed by atoms with Crippen LogP contribution in [0.25, 0.3) is 0 Å². The standard InChI is InChI=1S/C18H36N4O4/c1-5-19-16(21-10-11-22-17(23)26-18(2,3)4)20-9-6-12-25-15-7-13-24-14-8-15/h15H,5-14H2,1-4H3,(H,22,23)(H2,19,20,21). The molecular formula is C18H36N4O4. The molecule has 1 heterocycles. The third-order valence-electron chi connectivity index (χ3n) is 3.52. The molecule has 1 fully saturated rings. The molecule has 0 saturated carbocycles. The fourth-order valence-corrected chi connectivity index (χ4v) is 2.35. The summed E-state index contributed by atoms with van der Waals surface area (Å²) in [6.07, 6.45) is 2.77. The number of ether oxygens (including phenoxy) is 3. The van der Waals surface area contributed by atoms with Crippen LogP contribution in [0.1, 0.15) is 47.0 Å². The molecule has 3 N–H and O–H groups in total. The average molecular weight is 373 g/mol. The molecule has 152 valence electrons. The minimum atomic E-state index is -0.485. The van der Waals surface area contributed by atoms with Crippen molar-refractivity contribution in [1.82, 2.24) is 16.0 Å². The smallest absolute Gasteiger partial charge is 0.407 e. The number of hydrogen-bond donors (Lipinski definition) is 3. The molecule has 0 spiro atoms. The van der Waals surface area contributed by atoms with Gasteiger partial charge in [-0.3, -0.25) is 4.99 Å². The van der Waals surface area contributed by atoms with Gasteiger partial charge in [0.25, 0.3) is 0 Å². The third kappa shape index (κ3) is 11.9. The molecule has 0 bridgehead atoms. The predicted molar refractivity (Wildman–Crippen MR) is 103 cm³/mol. The van der Waals surface area contributed by atoms with E-state index in [0.29, 0.717) is 32.3 Å². The van der Waals surface area contributed by atoms with E-state index < -0.39 is 11.7 Å². The zero-order valence-corrected chi connectivity index (χ0v) is 16.7. The van der Waals surface area contributed by atoms with Crippen molar-refractivity contribution < 1.29 is 19.0 Å². The van der Waals surface area contributed by atoms with Gasteiger partial charge in [-0.1, -0.05) is 0 Å². The summed E-state index contributed by atoms with van der Waals surface area (Å²) in [5.74, 6) is 0.740. The highest BCUT2D eigenvalue weighted by Gasteiger charge is 2.15. The van der Waals surface area contributed by atoms with Crippen molar-refractivity contribution in [1.29, 1.82) is 0 Å². The molecule has 1 amide bonds. The predicted octanol–water partition coefficient (Wildman–Crippen LogP) is 1.65. The minimum Gasteiger partial charge on any atom is -0.444 e. The second-order valence-corrected chi connectivity index (χ2v) is 7.15. The highest BCUT2D eigenvalue weighted by molar-refractivity contribution is 5.79. The first-order valence-electron chi connectivity index (χ1n) is 9.59. The van der Waals surface area contributed by atoms with Crippen molar-refractivity contribution in [3.63, 3.8) is 0 Å². The number of alkyl carbamates (subject to hydrolysis) is 1. The molecule has 1 aliphatic rings. The third-order valence-corrected chi connectivity index (χ3v) is 3.52. The molecule has 0 aliphatic carbocycles. The Kier molecular flexibility index (Phi) is 11.0. The van der Waals surface area contributed by atoms with Crippen LogP contribution in [0.2, 0.25) is 0 Å². The quantitative estimate of drug-likeness (QED) is 0.324.